The molecule has 0 aliphatic heterocycles. The zero-order valence-electron chi connectivity index (χ0n) is 13.3. The number of rotatable bonds is 4. The Morgan fingerprint density at radius 2 is 1.87 bits per heavy atom. The number of thioether (sulfide) groups is 1. The van der Waals surface area contributed by atoms with Crippen LogP contribution in [0.1, 0.15) is 23.9 Å². The fraction of sp³-hybridized carbons (Fsp3) is 0.312. The molecule has 1 atom stereocenters. The summed E-state index contributed by atoms with van der Waals surface area (Å²) in [4.78, 5) is 21.0. The topological polar surface area (TPSA) is 54.9 Å². The average Bonchev–Trinajstić information content (AvgIpc) is 2.47. The Kier molecular flexibility index (Phi) is 5.59. The van der Waals surface area contributed by atoms with Gasteiger partial charge >= 0.3 is 0 Å². The molecule has 2 rings (SSSR count). The molecule has 0 aliphatic carbocycles. The van der Waals surface area contributed by atoms with E-state index in [-0.39, 0.29) is 10.9 Å². The van der Waals surface area contributed by atoms with Gasteiger partial charge in [-0.1, -0.05) is 23.4 Å². The van der Waals surface area contributed by atoms with Gasteiger partial charge in [0.15, 0.2) is 5.16 Å². The van der Waals surface area contributed by atoms with Crippen molar-refractivity contribution in [3.63, 3.8) is 0 Å². The molecule has 23 heavy (non-hydrogen) atoms. The number of hydrogen-bond acceptors (Lipinski definition) is 4. The summed E-state index contributed by atoms with van der Waals surface area (Å²) in [6, 6.07) is 3.84. The number of carbonyl (C=O) groups excluding carboxylic acids is 1. The maximum absolute atomic E-state index is 13.0. The Labute approximate surface area is 143 Å². The Bertz CT molecular complexity index is 731. The maximum atomic E-state index is 13.0. The second-order valence-corrected chi connectivity index (χ2v) is 6.89. The van der Waals surface area contributed by atoms with Gasteiger partial charge in [0.1, 0.15) is 5.82 Å². The highest BCUT2D eigenvalue weighted by molar-refractivity contribution is 8.00. The lowest BCUT2D eigenvalue weighted by Crippen LogP contribution is -2.23. The van der Waals surface area contributed by atoms with E-state index in [1.54, 1.807) is 6.92 Å². The Hall–Kier alpha value is -1.66. The summed E-state index contributed by atoms with van der Waals surface area (Å²) in [6.07, 6.45) is 0. The van der Waals surface area contributed by atoms with Crippen molar-refractivity contribution in [1.82, 2.24) is 9.97 Å². The number of hydrogen-bond donors (Lipinski definition) is 1. The van der Waals surface area contributed by atoms with Crippen LogP contribution in [-0.4, -0.2) is 21.1 Å². The summed E-state index contributed by atoms with van der Waals surface area (Å²) in [6.45, 7) is 7.55. The third kappa shape index (κ3) is 4.42. The number of nitrogens with zero attached hydrogens (tertiary/aromatic N) is 2. The molecule has 0 radical (unpaired) electrons. The van der Waals surface area contributed by atoms with Gasteiger partial charge in [0.2, 0.25) is 5.91 Å². The Morgan fingerprint density at radius 3 is 2.43 bits per heavy atom. The van der Waals surface area contributed by atoms with Gasteiger partial charge in [-0.3, -0.25) is 4.79 Å². The number of aromatic nitrogens is 2. The highest BCUT2D eigenvalue weighted by atomic mass is 35.5. The molecule has 0 spiro atoms. The number of anilines is 1. The third-order valence-electron chi connectivity index (χ3n) is 3.45. The van der Waals surface area contributed by atoms with Gasteiger partial charge < -0.3 is 5.32 Å². The zero-order valence-corrected chi connectivity index (χ0v) is 14.8. The van der Waals surface area contributed by atoms with Crippen LogP contribution < -0.4 is 5.32 Å². The average molecular weight is 354 g/mol. The van der Waals surface area contributed by atoms with Crippen molar-refractivity contribution in [2.24, 2.45) is 0 Å². The van der Waals surface area contributed by atoms with Crippen LogP contribution in [0.3, 0.4) is 0 Å². The molecule has 0 saturated carbocycles. The fourth-order valence-electron chi connectivity index (χ4n) is 1.83. The van der Waals surface area contributed by atoms with E-state index < -0.39 is 11.1 Å². The van der Waals surface area contributed by atoms with Gasteiger partial charge in [-0.05, 0) is 51.5 Å². The second kappa shape index (κ2) is 7.27. The Balaban J connectivity index is 2.08. The second-order valence-electron chi connectivity index (χ2n) is 5.18. The number of nitrogens with one attached hydrogen (secondary N) is 1. The van der Waals surface area contributed by atoms with Crippen LogP contribution in [0.15, 0.2) is 23.4 Å². The summed E-state index contributed by atoms with van der Waals surface area (Å²) in [5.41, 5.74) is 3.22. The van der Waals surface area contributed by atoms with Crippen LogP contribution in [0.5, 0.6) is 0 Å². The molecule has 122 valence electrons. The lowest BCUT2D eigenvalue weighted by molar-refractivity contribution is -0.115. The standard InChI is InChI=1S/C16H17ClFN3OS/c1-8-9(2)19-16(20-10(8)3)23-11(4)15(22)21-14-6-5-12(18)7-13(14)17/h5-7,11H,1-4H3,(H,21,22). The first kappa shape index (κ1) is 17.7. The predicted molar refractivity (Wildman–Crippen MR) is 91.6 cm³/mol. The number of aryl methyl sites for hydroxylation is 2. The fourth-order valence-corrected chi connectivity index (χ4v) is 2.91. The highest BCUT2D eigenvalue weighted by Crippen LogP contribution is 2.26. The number of carbonyl (C=O) groups is 1. The smallest absolute Gasteiger partial charge is 0.237 e. The monoisotopic (exact) mass is 353 g/mol. The van der Waals surface area contributed by atoms with E-state index in [1.165, 1.54) is 23.9 Å². The van der Waals surface area contributed by atoms with Gasteiger partial charge in [0, 0.05) is 11.4 Å². The van der Waals surface area contributed by atoms with Crippen LogP contribution in [0.4, 0.5) is 10.1 Å². The molecule has 0 fully saturated rings. The first-order valence-electron chi connectivity index (χ1n) is 7.02. The Morgan fingerprint density at radius 1 is 1.26 bits per heavy atom. The lowest BCUT2D eigenvalue weighted by Gasteiger charge is -2.13. The molecule has 1 amide bonds. The summed E-state index contributed by atoms with van der Waals surface area (Å²) >= 11 is 7.18. The minimum absolute atomic E-state index is 0.161. The molecule has 0 bridgehead atoms. The molecule has 1 N–H and O–H groups in total. The summed E-state index contributed by atoms with van der Waals surface area (Å²) < 4.78 is 13.0. The van der Waals surface area contributed by atoms with Crippen molar-refractivity contribution in [3.05, 3.63) is 46.0 Å². The van der Waals surface area contributed by atoms with E-state index in [0.29, 0.717) is 10.8 Å². The molecule has 1 unspecified atom stereocenters. The first-order chi connectivity index (χ1) is 10.8. The van der Waals surface area contributed by atoms with Gasteiger partial charge in [-0.25, -0.2) is 14.4 Å². The molecule has 1 aromatic heterocycles. The molecule has 1 heterocycles. The first-order valence-corrected chi connectivity index (χ1v) is 8.28. The van der Waals surface area contributed by atoms with Crippen molar-refractivity contribution in [3.8, 4) is 0 Å². The molecular formula is C16H17ClFN3OS. The minimum Gasteiger partial charge on any atom is -0.324 e. The van der Waals surface area contributed by atoms with E-state index in [9.17, 15) is 9.18 Å². The van der Waals surface area contributed by atoms with E-state index in [2.05, 4.69) is 15.3 Å². The van der Waals surface area contributed by atoms with Crippen LogP contribution in [-0.2, 0) is 4.79 Å². The van der Waals surface area contributed by atoms with Gasteiger partial charge in [-0.2, -0.15) is 0 Å². The van der Waals surface area contributed by atoms with Crippen LogP contribution >= 0.6 is 23.4 Å². The van der Waals surface area contributed by atoms with E-state index in [1.807, 2.05) is 20.8 Å². The summed E-state index contributed by atoms with van der Waals surface area (Å²) in [5.74, 6) is -0.697. The summed E-state index contributed by atoms with van der Waals surface area (Å²) in [7, 11) is 0. The lowest BCUT2D eigenvalue weighted by atomic mass is 10.2. The van der Waals surface area contributed by atoms with Crippen molar-refractivity contribution >= 4 is 35.0 Å². The van der Waals surface area contributed by atoms with Crippen molar-refractivity contribution in [2.45, 2.75) is 38.1 Å². The maximum Gasteiger partial charge on any atom is 0.237 e. The van der Waals surface area contributed by atoms with Crippen LogP contribution in [0.2, 0.25) is 5.02 Å². The number of amides is 1. The quantitative estimate of drug-likeness (QED) is 0.657. The van der Waals surface area contributed by atoms with E-state index >= 15 is 0 Å². The van der Waals surface area contributed by atoms with Gasteiger partial charge in [-0.15, -0.1) is 0 Å². The highest BCUT2D eigenvalue weighted by Gasteiger charge is 2.18. The van der Waals surface area contributed by atoms with Crippen molar-refractivity contribution in [1.29, 1.82) is 0 Å². The zero-order chi connectivity index (χ0) is 17.1. The molecule has 2 aromatic rings. The van der Waals surface area contributed by atoms with Gasteiger partial charge in [0.25, 0.3) is 0 Å². The minimum atomic E-state index is -0.450. The van der Waals surface area contributed by atoms with E-state index in [4.69, 9.17) is 11.6 Å². The largest absolute Gasteiger partial charge is 0.324 e. The molecule has 4 nitrogen and oxygen atoms in total. The molecule has 7 heteroatoms. The van der Waals surface area contributed by atoms with Crippen molar-refractivity contribution < 1.29 is 9.18 Å². The third-order valence-corrected chi connectivity index (χ3v) is 4.73. The summed E-state index contributed by atoms with van der Waals surface area (Å²) in [5, 5.41) is 2.98. The SMILES string of the molecule is Cc1nc(SC(C)C(=O)Nc2ccc(F)cc2Cl)nc(C)c1C. The van der Waals surface area contributed by atoms with Crippen LogP contribution in [0.25, 0.3) is 0 Å². The van der Waals surface area contributed by atoms with Crippen LogP contribution in [0, 0.1) is 26.6 Å². The van der Waals surface area contributed by atoms with Crippen molar-refractivity contribution in [2.75, 3.05) is 5.32 Å². The normalized spacial score (nSPS) is 12.1. The van der Waals surface area contributed by atoms with Gasteiger partial charge in [0.05, 0.1) is 16.0 Å². The molecular weight excluding hydrogens is 337 g/mol. The predicted octanol–water partition coefficient (Wildman–Crippen LogP) is 4.31. The molecule has 1 aromatic carbocycles. The number of benzene rings is 1. The van der Waals surface area contributed by atoms with E-state index in [0.717, 1.165) is 23.0 Å². The number of halogens is 2. The molecule has 0 saturated heterocycles. The molecule has 0 aliphatic rings.